The predicted molar refractivity (Wildman–Crippen MR) is 121 cm³/mol. The molecule has 2 aromatic rings. The molecule has 0 saturated heterocycles. The molecule has 0 aliphatic carbocycles. The lowest BCUT2D eigenvalue weighted by Gasteiger charge is -2.33. The minimum atomic E-state index is -0.0457. The van der Waals surface area contributed by atoms with Gasteiger partial charge in [-0.05, 0) is 88.3 Å². The van der Waals surface area contributed by atoms with Crippen molar-refractivity contribution in [2.24, 2.45) is 0 Å². The zero-order valence-corrected chi connectivity index (χ0v) is 18.2. The van der Waals surface area contributed by atoms with Crippen molar-refractivity contribution >= 4 is 17.2 Å². The molecule has 1 atom stereocenters. The molecule has 3 heteroatoms. The predicted octanol–water partition coefficient (Wildman–Crippen LogP) is 6.47. The fourth-order valence-electron chi connectivity index (χ4n) is 3.90. The molecule has 0 spiro atoms. The molecular formula is C25H36N2O. The Kier molecular flexibility index (Phi) is 7.68. The van der Waals surface area contributed by atoms with Crippen molar-refractivity contribution in [3.05, 3.63) is 58.7 Å². The highest BCUT2D eigenvalue weighted by atomic mass is 16.1. The number of nitrogens with two attached hydrogens (primary N) is 1. The summed E-state index contributed by atoms with van der Waals surface area (Å²) >= 11 is 0. The Morgan fingerprint density at radius 2 is 1.79 bits per heavy atom. The number of Topliss-reactive ketones (excluding diaryl/α,β-unsaturated/α-hetero) is 1. The van der Waals surface area contributed by atoms with E-state index in [9.17, 15) is 4.79 Å². The van der Waals surface area contributed by atoms with Gasteiger partial charge in [0, 0.05) is 22.5 Å². The van der Waals surface area contributed by atoms with E-state index < -0.39 is 0 Å². The van der Waals surface area contributed by atoms with Crippen molar-refractivity contribution in [3.63, 3.8) is 0 Å². The van der Waals surface area contributed by atoms with Crippen LogP contribution in [0.3, 0.4) is 0 Å². The first-order valence-electron chi connectivity index (χ1n) is 10.5. The van der Waals surface area contributed by atoms with E-state index >= 15 is 0 Å². The first-order valence-corrected chi connectivity index (χ1v) is 10.5. The molecule has 0 bridgehead atoms. The molecule has 0 saturated carbocycles. The lowest BCUT2D eigenvalue weighted by atomic mass is 9.88. The molecule has 0 amide bonds. The van der Waals surface area contributed by atoms with Gasteiger partial charge in [0.2, 0.25) is 0 Å². The molecule has 0 heterocycles. The Morgan fingerprint density at radius 3 is 2.43 bits per heavy atom. The standard InChI is InChI=1S/C25H36N2O/c1-6-14-25(5,27-24-17-22(26)12-13-23(24)20(4)28)15-8-7-9-21-11-10-18(2)19(3)16-21/h10-13,16-17,27H,6-9,14-15,26H2,1-5H3. The smallest absolute Gasteiger partial charge is 0.161 e. The van der Waals surface area contributed by atoms with Crippen molar-refractivity contribution in [1.82, 2.24) is 0 Å². The summed E-state index contributed by atoms with van der Waals surface area (Å²) in [6.07, 6.45) is 6.65. The van der Waals surface area contributed by atoms with E-state index in [-0.39, 0.29) is 11.3 Å². The number of unbranched alkanes of at least 4 members (excludes halogenated alkanes) is 1. The number of hydrogen-bond acceptors (Lipinski definition) is 3. The molecule has 3 N–H and O–H groups in total. The van der Waals surface area contributed by atoms with Gasteiger partial charge >= 0.3 is 0 Å². The molecule has 0 aromatic heterocycles. The lowest BCUT2D eigenvalue weighted by Crippen LogP contribution is -2.35. The fourth-order valence-corrected chi connectivity index (χ4v) is 3.90. The van der Waals surface area contributed by atoms with Crippen molar-refractivity contribution in [2.45, 2.75) is 78.7 Å². The van der Waals surface area contributed by atoms with E-state index in [1.54, 1.807) is 13.0 Å². The summed E-state index contributed by atoms with van der Waals surface area (Å²) in [7, 11) is 0. The number of ketones is 1. The maximum atomic E-state index is 12.0. The summed E-state index contributed by atoms with van der Waals surface area (Å²) in [5, 5.41) is 3.66. The van der Waals surface area contributed by atoms with Crippen LogP contribution in [-0.4, -0.2) is 11.3 Å². The third-order valence-corrected chi connectivity index (χ3v) is 5.68. The van der Waals surface area contributed by atoms with Crippen LogP contribution in [0.15, 0.2) is 36.4 Å². The average molecular weight is 381 g/mol. The second kappa shape index (κ2) is 9.77. The Labute approximate surface area is 170 Å². The summed E-state index contributed by atoms with van der Waals surface area (Å²) < 4.78 is 0. The number of anilines is 2. The number of aryl methyl sites for hydroxylation is 3. The molecular weight excluding hydrogens is 344 g/mol. The quantitative estimate of drug-likeness (QED) is 0.282. The fraction of sp³-hybridized carbons (Fsp3) is 0.480. The van der Waals surface area contributed by atoms with Gasteiger partial charge in [0.05, 0.1) is 0 Å². The number of rotatable bonds is 10. The first kappa shape index (κ1) is 22.0. The van der Waals surface area contributed by atoms with Crippen LogP contribution in [0.25, 0.3) is 0 Å². The van der Waals surface area contributed by atoms with E-state index in [4.69, 9.17) is 5.73 Å². The van der Waals surface area contributed by atoms with Crippen LogP contribution in [0.5, 0.6) is 0 Å². The lowest BCUT2D eigenvalue weighted by molar-refractivity contribution is 0.101. The molecule has 28 heavy (non-hydrogen) atoms. The van der Waals surface area contributed by atoms with Gasteiger partial charge in [-0.25, -0.2) is 0 Å². The molecule has 2 aromatic carbocycles. The molecule has 2 rings (SSSR count). The van der Waals surface area contributed by atoms with Crippen molar-refractivity contribution in [3.8, 4) is 0 Å². The SMILES string of the molecule is CCCC(C)(CCCCc1ccc(C)c(C)c1)Nc1cc(N)ccc1C(C)=O. The third-order valence-electron chi connectivity index (χ3n) is 5.68. The third kappa shape index (κ3) is 6.12. The van der Waals surface area contributed by atoms with E-state index in [1.807, 2.05) is 12.1 Å². The maximum absolute atomic E-state index is 12.0. The highest BCUT2D eigenvalue weighted by Gasteiger charge is 2.24. The van der Waals surface area contributed by atoms with E-state index in [0.29, 0.717) is 11.3 Å². The summed E-state index contributed by atoms with van der Waals surface area (Å²) in [4.78, 5) is 12.0. The van der Waals surface area contributed by atoms with Gasteiger partial charge in [-0.1, -0.05) is 38.0 Å². The van der Waals surface area contributed by atoms with Crippen molar-refractivity contribution in [2.75, 3.05) is 11.1 Å². The maximum Gasteiger partial charge on any atom is 0.161 e. The van der Waals surface area contributed by atoms with E-state index in [1.165, 1.54) is 23.1 Å². The zero-order chi connectivity index (χ0) is 20.7. The number of carbonyl (C=O) groups excluding carboxylic acids is 1. The van der Waals surface area contributed by atoms with Crippen LogP contribution in [0.1, 0.15) is 79.9 Å². The summed E-state index contributed by atoms with van der Waals surface area (Å²) in [6.45, 7) is 10.4. The van der Waals surface area contributed by atoms with Crippen LogP contribution < -0.4 is 11.1 Å². The molecule has 0 aliphatic heterocycles. The van der Waals surface area contributed by atoms with Gasteiger partial charge in [0.1, 0.15) is 0 Å². The summed E-state index contributed by atoms with van der Waals surface area (Å²) in [5.41, 5.74) is 12.3. The number of hydrogen-bond donors (Lipinski definition) is 2. The molecule has 152 valence electrons. The van der Waals surface area contributed by atoms with Gasteiger partial charge in [0.15, 0.2) is 5.78 Å². The Balaban J connectivity index is 2.02. The largest absolute Gasteiger partial charge is 0.399 e. The number of benzene rings is 2. The van der Waals surface area contributed by atoms with E-state index in [0.717, 1.165) is 37.8 Å². The van der Waals surface area contributed by atoms with Gasteiger partial charge in [0.25, 0.3) is 0 Å². The molecule has 1 unspecified atom stereocenters. The van der Waals surface area contributed by atoms with Crippen LogP contribution in [0, 0.1) is 13.8 Å². The van der Waals surface area contributed by atoms with Gasteiger partial charge < -0.3 is 11.1 Å². The topological polar surface area (TPSA) is 55.1 Å². The second-order valence-corrected chi connectivity index (χ2v) is 8.42. The van der Waals surface area contributed by atoms with Gasteiger partial charge in [-0.15, -0.1) is 0 Å². The van der Waals surface area contributed by atoms with Crippen molar-refractivity contribution in [1.29, 1.82) is 0 Å². The molecule has 0 fully saturated rings. The normalized spacial score (nSPS) is 13.2. The second-order valence-electron chi connectivity index (χ2n) is 8.42. The monoisotopic (exact) mass is 380 g/mol. The Bertz CT molecular complexity index is 812. The highest BCUT2D eigenvalue weighted by molar-refractivity contribution is 6.00. The summed E-state index contributed by atoms with van der Waals surface area (Å²) in [5.74, 6) is 0.0658. The minimum Gasteiger partial charge on any atom is -0.399 e. The van der Waals surface area contributed by atoms with Crippen LogP contribution in [0.4, 0.5) is 11.4 Å². The Morgan fingerprint density at radius 1 is 1.04 bits per heavy atom. The van der Waals surface area contributed by atoms with Gasteiger partial charge in [-0.3, -0.25) is 4.79 Å². The van der Waals surface area contributed by atoms with Gasteiger partial charge in [-0.2, -0.15) is 0 Å². The number of nitrogen functional groups attached to an aromatic ring is 1. The number of nitrogens with one attached hydrogen (secondary N) is 1. The summed E-state index contributed by atoms with van der Waals surface area (Å²) in [6, 6.07) is 12.3. The molecule has 3 nitrogen and oxygen atoms in total. The highest BCUT2D eigenvalue weighted by Crippen LogP contribution is 2.29. The minimum absolute atomic E-state index is 0.0457. The average Bonchev–Trinajstić information content (AvgIpc) is 2.61. The van der Waals surface area contributed by atoms with Crippen LogP contribution in [-0.2, 0) is 6.42 Å². The van der Waals surface area contributed by atoms with Crippen LogP contribution >= 0.6 is 0 Å². The molecule has 0 aliphatic rings. The van der Waals surface area contributed by atoms with Crippen molar-refractivity contribution < 1.29 is 4.79 Å². The van der Waals surface area contributed by atoms with Crippen LogP contribution in [0.2, 0.25) is 0 Å². The Hall–Kier alpha value is -2.29. The number of carbonyl (C=O) groups is 1. The first-order chi connectivity index (χ1) is 13.2. The molecule has 0 radical (unpaired) electrons. The van der Waals surface area contributed by atoms with E-state index in [2.05, 4.69) is 51.2 Å². The zero-order valence-electron chi connectivity index (χ0n) is 18.2.